The highest BCUT2D eigenvalue weighted by Crippen LogP contribution is 2.42. The largest absolute Gasteiger partial charge is 0.481 e. The minimum absolute atomic E-state index is 0.00461. The van der Waals surface area contributed by atoms with Gasteiger partial charge in [-0.25, -0.2) is 9.97 Å². The molecular formula is C28H24N4O3S. The Morgan fingerprint density at radius 3 is 2.72 bits per heavy atom. The van der Waals surface area contributed by atoms with E-state index in [0.717, 1.165) is 45.0 Å². The van der Waals surface area contributed by atoms with E-state index in [4.69, 9.17) is 4.74 Å². The van der Waals surface area contributed by atoms with Crippen LogP contribution in [0.5, 0.6) is 5.88 Å². The molecule has 36 heavy (non-hydrogen) atoms. The molecule has 2 amide bonds. The number of pyridine rings is 2. The first kappa shape index (κ1) is 22.4. The van der Waals surface area contributed by atoms with Gasteiger partial charge in [0, 0.05) is 40.9 Å². The zero-order valence-corrected chi connectivity index (χ0v) is 20.5. The number of hydrogen-bond acceptors (Lipinski definition) is 6. The van der Waals surface area contributed by atoms with E-state index in [1.54, 1.807) is 30.3 Å². The molecule has 1 N–H and O–H groups in total. The minimum atomic E-state index is -0.160. The number of methoxy groups -OCH3 is 1. The Hall–Kier alpha value is -4.04. The van der Waals surface area contributed by atoms with Gasteiger partial charge in [-0.1, -0.05) is 24.3 Å². The van der Waals surface area contributed by atoms with Crippen molar-refractivity contribution in [3.05, 3.63) is 83.0 Å². The summed E-state index contributed by atoms with van der Waals surface area (Å²) in [5.74, 6) is 0.357. The number of rotatable bonds is 5. The second-order valence-electron chi connectivity index (χ2n) is 8.93. The van der Waals surface area contributed by atoms with Crippen LogP contribution in [0.1, 0.15) is 38.6 Å². The molecule has 7 nitrogen and oxygen atoms in total. The Balaban J connectivity index is 1.32. The van der Waals surface area contributed by atoms with Crippen molar-refractivity contribution in [3.8, 4) is 27.6 Å². The normalized spacial score (nSPS) is 14.4. The molecule has 0 atom stereocenters. The lowest BCUT2D eigenvalue weighted by Crippen LogP contribution is -2.33. The second kappa shape index (κ2) is 9.20. The first-order chi connectivity index (χ1) is 17.6. The summed E-state index contributed by atoms with van der Waals surface area (Å²) in [6, 6.07) is 19.3. The number of nitrogens with zero attached hydrogens (tertiary/aromatic N) is 3. The standard InChI is InChI=1S/C28H24N4O3S/c1-35-25-12-9-18(16-29-25)21-6-4-7-22(31-21)28(34)32-14-13-17-15-24(27(33)30-19-10-11-19)36-26(17)20-5-2-3-8-23(20)32/h2-9,12,15-16,19H,10-11,13-14H2,1H3,(H,30,33). The third-order valence-electron chi connectivity index (χ3n) is 6.44. The van der Waals surface area contributed by atoms with E-state index < -0.39 is 0 Å². The molecule has 6 rings (SSSR count). The van der Waals surface area contributed by atoms with E-state index in [9.17, 15) is 9.59 Å². The van der Waals surface area contributed by atoms with E-state index >= 15 is 0 Å². The number of carbonyl (C=O) groups excluding carboxylic acids is 2. The molecule has 180 valence electrons. The zero-order chi connectivity index (χ0) is 24.6. The number of nitrogens with one attached hydrogen (secondary N) is 1. The van der Waals surface area contributed by atoms with Gasteiger partial charge in [-0.2, -0.15) is 0 Å². The minimum Gasteiger partial charge on any atom is -0.481 e. The van der Waals surface area contributed by atoms with Crippen molar-refractivity contribution in [1.82, 2.24) is 15.3 Å². The van der Waals surface area contributed by atoms with Crippen molar-refractivity contribution >= 4 is 28.8 Å². The molecular weight excluding hydrogens is 472 g/mol. The number of benzene rings is 1. The number of ether oxygens (including phenoxy) is 1. The van der Waals surface area contributed by atoms with Gasteiger partial charge in [-0.05, 0) is 55.2 Å². The first-order valence-electron chi connectivity index (χ1n) is 11.9. The number of thiophene rings is 1. The van der Waals surface area contributed by atoms with Gasteiger partial charge in [0.25, 0.3) is 11.8 Å². The lowest BCUT2D eigenvalue weighted by Gasteiger charge is -2.23. The molecule has 1 saturated carbocycles. The maximum atomic E-state index is 13.7. The number of aromatic nitrogens is 2. The van der Waals surface area contributed by atoms with Gasteiger partial charge in [-0.15, -0.1) is 11.3 Å². The summed E-state index contributed by atoms with van der Waals surface area (Å²) in [7, 11) is 1.57. The molecule has 4 heterocycles. The van der Waals surface area contributed by atoms with Gasteiger partial charge in [0.2, 0.25) is 5.88 Å². The Bertz CT molecular complexity index is 1460. The molecule has 1 aliphatic carbocycles. The Kier molecular flexibility index (Phi) is 5.73. The summed E-state index contributed by atoms with van der Waals surface area (Å²) in [6.07, 6.45) is 4.46. The van der Waals surface area contributed by atoms with E-state index in [1.807, 2.05) is 48.5 Å². The van der Waals surface area contributed by atoms with Crippen molar-refractivity contribution in [2.75, 3.05) is 18.6 Å². The summed E-state index contributed by atoms with van der Waals surface area (Å²) in [4.78, 5) is 38.9. The third kappa shape index (κ3) is 4.24. The third-order valence-corrected chi connectivity index (χ3v) is 7.65. The van der Waals surface area contributed by atoms with Gasteiger partial charge < -0.3 is 15.0 Å². The maximum absolute atomic E-state index is 13.7. The Morgan fingerprint density at radius 2 is 1.94 bits per heavy atom. The van der Waals surface area contributed by atoms with Crippen molar-refractivity contribution < 1.29 is 14.3 Å². The van der Waals surface area contributed by atoms with Gasteiger partial charge in [0.15, 0.2) is 0 Å². The predicted octanol–water partition coefficient (Wildman–Crippen LogP) is 4.98. The molecule has 8 heteroatoms. The summed E-state index contributed by atoms with van der Waals surface area (Å²) in [6.45, 7) is 0.499. The SMILES string of the molecule is COc1ccc(-c2cccc(C(=O)N3CCc4cc(C(=O)NC5CC5)sc4-c4ccccc43)n2)cn1. The Labute approximate surface area is 212 Å². The summed E-state index contributed by atoms with van der Waals surface area (Å²) >= 11 is 1.50. The van der Waals surface area contributed by atoms with Gasteiger partial charge in [-0.3, -0.25) is 9.59 Å². The van der Waals surface area contributed by atoms with Crippen molar-refractivity contribution in [1.29, 1.82) is 0 Å². The number of carbonyl (C=O) groups is 2. The van der Waals surface area contributed by atoms with Crippen LogP contribution in [0, 0.1) is 0 Å². The molecule has 1 fully saturated rings. The van der Waals surface area contributed by atoms with Crippen LogP contribution in [0.2, 0.25) is 0 Å². The smallest absolute Gasteiger partial charge is 0.276 e. The van der Waals surface area contributed by atoms with E-state index in [2.05, 4.69) is 15.3 Å². The van der Waals surface area contributed by atoms with Crippen LogP contribution in [-0.4, -0.2) is 41.5 Å². The maximum Gasteiger partial charge on any atom is 0.276 e. The van der Waals surface area contributed by atoms with E-state index in [-0.39, 0.29) is 11.8 Å². The van der Waals surface area contributed by atoms with Gasteiger partial charge in [0.1, 0.15) is 5.69 Å². The highest BCUT2D eigenvalue weighted by molar-refractivity contribution is 7.17. The Morgan fingerprint density at radius 1 is 1.08 bits per heavy atom. The molecule has 3 aromatic heterocycles. The summed E-state index contributed by atoms with van der Waals surface area (Å²) in [5, 5.41) is 3.08. The quantitative estimate of drug-likeness (QED) is 0.422. The number of para-hydroxylation sites is 1. The topological polar surface area (TPSA) is 84.4 Å². The monoisotopic (exact) mass is 496 g/mol. The fourth-order valence-corrected chi connectivity index (χ4v) is 5.56. The van der Waals surface area contributed by atoms with Gasteiger partial charge in [0.05, 0.1) is 23.4 Å². The highest BCUT2D eigenvalue weighted by atomic mass is 32.1. The summed E-state index contributed by atoms with van der Waals surface area (Å²) in [5.41, 5.74) is 4.73. The van der Waals surface area contributed by atoms with Crippen molar-refractivity contribution in [2.45, 2.75) is 25.3 Å². The second-order valence-corrected chi connectivity index (χ2v) is 9.99. The number of amides is 2. The average molecular weight is 497 g/mol. The van der Waals surface area contributed by atoms with Crippen LogP contribution < -0.4 is 15.0 Å². The molecule has 0 spiro atoms. The molecule has 0 bridgehead atoms. The van der Waals surface area contributed by atoms with E-state index in [1.165, 1.54) is 11.3 Å². The highest BCUT2D eigenvalue weighted by Gasteiger charge is 2.29. The predicted molar refractivity (Wildman–Crippen MR) is 140 cm³/mol. The number of hydrogen-bond donors (Lipinski definition) is 1. The molecule has 1 aliphatic heterocycles. The van der Waals surface area contributed by atoms with Gasteiger partial charge >= 0.3 is 0 Å². The molecule has 1 aromatic carbocycles. The van der Waals surface area contributed by atoms with Crippen LogP contribution in [0.25, 0.3) is 21.7 Å². The molecule has 4 aromatic rings. The lowest BCUT2D eigenvalue weighted by atomic mass is 10.1. The molecule has 0 unspecified atom stereocenters. The van der Waals surface area contributed by atoms with Crippen LogP contribution in [0.15, 0.2) is 66.9 Å². The van der Waals surface area contributed by atoms with Crippen LogP contribution in [-0.2, 0) is 6.42 Å². The van der Waals surface area contributed by atoms with Crippen molar-refractivity contribution in [2.24, 2.45) is 0 Å². The summed E-state index contributed by atoms with van der Waals surface area (Å²) < 4.78 is 5.14. The lowest BCUT2D eigenvalue weighted by molar-refractivity contribution is 0.0952. The van der Waals surface area contributed by atoms with Crippen LogP contribution >= 0.6 is 11.3 Å². The fourth-order valence-electron chi connectivity index (χ4n) is 4.41. The number of fused-ring (bicyclic) bond motifs is 3. The van der Waals surface area contributed by atoms with Crippen LogP contribution in [0.3, 0.4) is 0 Å². The van der Waals surface area contributed by atoms with Crippen molar-refractivity contribution in [3.63, 3.8) is 0 Å². The fraction of sp³-hybridized carbons (Fsp3) is 0.214. The number of anilines is 1. The molecule has 0 saturated heterocycles. The van der Waals surface area contributed by atoms with Crippen LogP contribution in [0.4, 0.5) is 5.69 Å². The molecule has 2 aliphatic rings. The van der Waals surface area contributed by atoms with E-state index in [0.29, 0.717) is 36.3 Å². The average Bonchev–Trinajstić information content (AvgIpc) is 3.67. The molecule has 0 radical (unpaired) electrons. The zero-order valence-electron chi connectivity index (χ0n) is 19.7. The first-order valence-corrected chi connectivity index (χ1v) is 12.7.